The fourth-order valence-corrected chi connectivity index (χ4v) is 3.46. The lowest BCUT2D eigenvalue weighted by Gasteiger charge is -2.02. The predicted molar refractivity (Wildman–Crippen MR) is 128 cm³/mol. The van der Waals surface area contributed by atoms with Gasteiger partial charge < -0.3 is 4.42 Å². The molecule has 3 aromatic carbocycles. The summed E-state index contributed by atoms with van der Waals surface area (Å²) in [6.45, 7) is 0. The number of rotatable bonds is 5. The summed E-state index contributed by atoms with van der Waals surface area (Å²) >= 11 is 5.93. The molecule has 2 heterocycles. The maximum Gasteiger partial charge on any atom is 0.345 e. The first-order chi connectivity index (χ1) is 15.7. The molecule has 5 rings (SSSR count). The van der Waals surface area contributed by atoms with Crippen molar-refractivity contribution in [2.45, 2.75) is 0 Å². The molecule has 2 aromatic heterocycles. The van der Waals surface area contributed by atoms with Crippen molar-refractivity contribution in [2.75, 3.05) is 5.43 Å². The van der Waals surface area contributed by atoms with Crippen LogP contribution in [0.3, 0.4) is 0 Å². The molecule has 0 aliphatic carbocycles. The molecule has 32 heavy (non-hydrogen) atoms. The molecule has 0 saturated carbocycles. The lowest BCUT2D eigenvalue weighted by atomic mass is 10.1. The van der Waals surface area contributed by atoms with E-state index in [-0.39, 0.29) is 0 Å². The quantitative estimate of drug-likeness (QED) is 0.215. The van der Waals surface area contributed by atoms with Gasteiger partial charge in [0.05, 0.1) is 23.2 Å². The summed E-state index contributed by atoms with van der Waals surface area (Å²) in [5.41, 5.74) is 6.20. The molecule has 0 unspecified atom stereocenters. The first-order valence-electron chi connectivity index (χ1n) is 9.90. The largest absolute Gasteiger partial charge is 0.422 e. The van der Waals surface area contributed by atoms with Crippen LogP contribution in [0.2, 0.25) is 5.02 Å². The van der Waals surface area contributed by atoms with E-state index >= 15 is 0 Å². The van der Waals surface area contributed by atoms with Crippen molar-refractivity contribution >= 4 is 34.5 Å². The van der Waals surface area contributed by atoms with Gasteiger partial charge in [-0.05, 0) is 48.5 Å². The van der Waals surface area contributed by atoms with Crippen LogP contribution >= 0.6 is 11.6 Å². The molecule has 0 bridgehead atoms. The van der Waals surface area contributed by atoms with Crippen LogP contribution in [0, 0.1) is 0 Å². The molecular weight excluding hydrogens is 424 g/mol. The van der Waals surface area contributed by atoms with Crippen LogP contribution in [0.1, 0.15) is 5.56 Å². The van der Waals surface area contributed by atoms with Crippen LogP contribution in [0.25, 0.3) is 27.9 Å². The molecule has 0 atom stereocenters. The van der Waals surface area contributed by atoms with E-state index < -0.39 is 5.63 Å². The molecule has 0 saturated heterocycles. The summed E-state index contributed by atoms with van der Waals surface area (Å²) in [4.78, 5) is 12.8. The van der Waals surface area contributed by atoms with E-state index in [0.29, 0.717) is 27.4 Å². The number of benzene rings is 3. The van der Waals surface area contributed by atoms with Gasteiger partial charge in [-0.1, -0.05) is 48.0 Å². The fourth-order valence-electron chi connectivity index (χ4n) is 3.33. The number of nitrogens with zero attached hydrogens (tertiary/aromatic N) is 3. The Morgan fingerprint density at radius 1 is 0.969 bits per heavy atom. The number of anilines is 1. The van der Waals surface area contributed by atoms with Crippen molar-refractivity contribution in [3.63, 3.8) is 0 Å². The smallest absolute Gasteiger partial charge is 0.345 e. The van der Waals surface area contributed by atoms with Gasteiger partial charge in [-0.3, -0.25) is 5.43 Å². The van der Waals surface area contributed by atoms with Gasteiger partial charge in [0.15, 0.2) is 0 Å². The Bertz CT molecular complexity index is 1470. The highest BCUT2D eigenvalue weighted by Crippen LogP contribution is 2.24. The summed E-state index contributed by atoms with van der Waals surface area (Å²) in [6, 6.07) is 26.0. The molecule has 0 fully saturated rings. The Balaban J connectivity index is 1.58. The van der Waals surface area contributed by atoms with E-state index in [1.807, 2.05) is 66.9 Å². The molecule has 6 nitrogen and oxygen atoms in total. The summed E-state index contributed by atoms with van der Waals surface area (Å²) in [6.07, 6.45) is 3.46. The number of hydrogen-bond donors (Lipinski definition) is 1. The summed E-state index contributed by atoms with van der Waals surface area (Å²) in [5, 5.41) is 10.5. The van der Waals surface area contributed by atoms with E-state index in [9.17, 15) is 4.79 Å². The van der Waals surface area contributed by atoms with Crippen molar-refractivity contribution in [3.8, 4) is 16.9 Å². The second kappa shape index (κ2) is 8.53. The maximum atomic E-state index is 12.8. The summed E-state index contributed by atoms with van der Waals surface area (Å²) in [7, 11) is 0. The van der Waals surface area contributed by atoms with Crippen molar-refractivity contribution < 1.29 is 4.42 Å². The van der Waals surface area contributed by atoms with Gasteiger partial charge in [0, 0.05) is 22.2 Å². The van der Waals surface area contributed by atoms with E-state index in [0.717, 1.165) is 16.8 Å². The standard InChI is InChI=1S/C25H17ClN4O2/c26-19-10-12-20(13-11-19)28-27-15-18-16-30(21-7-2-1-3-8-21)29-24(18)22-14-17-6-4-5-9-23(17)32-25(22)31/h1-16,28H. The van der Waals surface area contributed by atoms with Gasteiger partial charge in [-0.25, -0.2) is 9.48 Å². The van der Waals surface area contributed by atoms with Crippen LogP contribution in [0.15, 0.2) is 105 Å². The van der Waals surface area contributed by atoms with Gasteiger partial charge in [0.25, 0.3) is 0 Å². The first-order valence-corrected chi connectivity index (χ1v) is 10.3. The number of aromatic nitrogens is 2. The molecule has 0 aliphatic rings. The van der Waals surface area contributed by atoms with Crippen molar-refractivity contribution in [1.29, 1.82) is 0 Å². The van der Waals surface area contributed by atoms with Crippen molar-refractivity contribution in [2.24, 2.45) is 5.10 Å². The van der Waals surface area contributed by atoms with Crippen LogP contribution in [0.5, 0.6) is 0 Å². The SMILES string of the molecule is O=c1oc2ccccc2cc1-c1nn(-c2ccccc2)cc1C=NNc1ccc(Cl)cc1. The Labute approximate surface area is 188 Å². The van der Waals surface area contributed by atoms with Crippen LogP contribution in [-0.4, -0.2) is 16.0 Å². The highest BCUT2D eigenvalue weighted by atomic mass is 35.5. The average molecular weight is 441 g/mol. The minimum Gasteiger partial charge on any atom is -0.422 e. The second-order valence-electron chi connectivity index (χ2n) is 7.08. The third-order valence-electron chi connectivity index (χ3n) is 4.90. The predicted octanol–water partition coefficient (Wildman–Crippen LogP) is 5.75. The van der Waals surface area contributed by atoms with Gasteiger partial charge in [-0.15, -0.1) is 0 Å². The monoisotopic (exact) mass is 440 g/mol. The molecule has 0 amide bonds. The molecule has 0 aliphatic heterocycles. The van der Waals surface area contributed by atoms with Crippen LogP contribution < -0.4 is 11.1 Å². The molecule has 5 aromatic rings. The topological polar surface area (TPSA) is 72.4 Å². The minimum atomic E-state index is -0.456. The Morgan fingerprint density at radius 3 is 2.53 bits per heavy atom. The second-order valence-corrected chi connectivity index (χ2v) is 7.51. The zero-order chi connectivity index (χ0) is 21.9. The maximum absolute atomic E-state index is 12.8. The van der Waals surface area contributed by atoms with Gasteiger partial charge in [-0.2, -0.15) is 10.2 Å². The number of hydrazone groups is 1. The minimum absolute atomic E-state index is 0.367. The van der Waals surface area contributed by atoms with Crippen LogP contribution in [-0.2, 0) is 0 Å². The number of nitrogens with one attached hydrogen (secondary N) is 1. The average Bonchev–Trinajstić information content (AvgIpc) is 3.24. The summed E-state index contributed by atoms with van der Waals surface area (Å²) < 4.78 is 7.24. The Morgan fingerprint density at radius 2 is 1.72 bits per heavy atom. The van der Waals surface area contributed by atoms with E-state index in [2.05, 4.69) is 15.6 Å². The zero-order valence-electron chi connectivity index (χ0n) is 16.8. The molecule has 0 spiro atoms. The zero-order valence-corrected chi connectivity index (χ0v) is 17.5. The Kier molecular flexibility index (Phi) is 5.27. The third kappa shape index (κ3) is 4.04. The van der Waals surface area contributed by atoms with Gasteiger partial charge in [0.1, 0.15) is 11.3 Å². The number of halogens is 1. The number of hydrogen-bond acceptors (Lipinski definition) is 5. The number of fused-ring (bicyclic) bond motifs is 1. The Hall–Kier alpha value is -4.16. The lowest BCUT2D eigenvalue weighted by Crippen LogP contribution is -2.05. The summed E-state index contributed by atoms with van der Waals surface area (Å²) in [5.74, 6) is 0. The van der Waals surface area contributed by atoms with Crippen molar-refractivity contribution in [1.82, 2.24) is 9.78 Å². The molecule has 156 valence electrons. The van der Waals surface area contributed by atoms with Crippen LogP contribution in [0.4, 0.5) is 5.69 Å². The molecule has 0 radical (unpaired) electrons. The highest BCUT2D eigenvalue weighted by Gasteiger charge is 2.16. The molecule has 1 N–H and O–H groups in total. The first kappa shape index (κ1) is 19.8. The highest BCUT2D eigenvalue weighted by molar-refractivity contribution is 6.30. The lowest BCUT2D eigenvalue weighted by molar-refractivity contribution is 0.563. The van der Waals surface area contributed by atoms with E-state index in [1.165, 1.54) is 0 Å². The normalized spacial score (nSPS) is 11.3. The van der Waals surface area contributed by atoms with E-state index in [1.54, 1.807) is 35.2 Å². The molecule has 7 heteroatoms. The third-order valence-corrected chi connectivity index (χ3v) is 5.15. The van der Waals surface area contributed by atoms with Crippen molar-refractivity contribution in [3.05, 3.63) is 112 Å². The van der Waals surface area contributed by atoms with E-state index in [4.69, 9.17) is 16.0 Å². The number of para-hydroxylation sites is 2. The van der Waals surface area contributed by atoms with Gasteiger partial charge in [0.2, 0.25) is 0 Å². The molecular formula is C25H17ClN4O2. The van der Waals surface area contributed by atoms with Gasteiger partial charge >= 0.3 is 5.63 Å². The fraction of sp³-hybridized carbons (Fsp3) is 0.